The molecule has 6 nitrogen and oxygen atoms in total. The molecule has 1 aliphatic rings. The molecular formula is C23H27F3N2O4S2. The summed E-state index contributed by atoms with van der Waals surface area (Å²) in [6.07, 6.45) is 1.06. The van der Waals surface area contributed by atoms with Crippen LogP contribution in [0.2, 0.25) is 0 Å². The lowest BCUT2D eigenvalue weighted by molar-refractivity contribution is -0.137. The lowest BCUT2D eigenvalue weighted by atomic mass is 9.95. The van der Waals surface area contributed by atoms with Gasteiger partial charge >= 0.3 is 6.18 Å². The first-order valence-corrected chi connectivity index (χ1v) is 13.4. The van der Waals surface area contributed by atoms with Crippen LogP contribution in [0, 0.1) is 0 Å². The average molecular weight is 517 g/mol. The van der Waals surface area contributed by atoms with Crippen LogP contribution in [0.3, 0.4) is 0 Å². The molecule has 0 saturated carbocycles. The highest BCUT2D eigenvalue weighted by atomic mass is 32.2. The second kappa shape index (κ2) is 9.79. The maximum atomic E-state index is 13.3. The molecular weight excluding hydrogens is 489 g/mol. The fourth-order valence-electron chi connectivity index (χ4n) is 3.36. The van der Waals surface area contributed by atoms with Gasteiger partial charge in [-0.15, -0.1) is 11.3 Å². The van der Waals surface area contributed by atoms with Crippen LogP contribution in [0.15, 0.2) is 34.8 Å². The Bertz CT molecular complexity index is 1260. The lowest BCUT2D eigenvalue weighted by Crippen LogP contribution is -2.23. The molecule has 1 amide bonds. The van der Waals surface area contributed by atoms with Crippen molar-refractivity contribution in [2.24, 2.45) is 4.99 Å². The number of carbonyl (C=O) groups is 1. The van der Waals surface area contributed by atoms with E-state index >= 15 is 0 Å². The van der Waals surface area contributed by atoms with Crippen molar-refractivity contribution in [2.75, 3.05) is 12.9 Å². The Labute approximate surface area is 200 Å². The van der Waals surface area contributed by atoms with E-state index in [4.69, 9.17) is 4.74 Å². The smallest absolute Gasteiger partial charge is 0.376 e. The Kier molecular flexibility index (Phi) is 7.59. The van der Waals surface area contributed by atoms with Gasteiger partial charge in [-0.05, 0) is 42.0 Å². The van der Waals surface area contributed by atoms with Crippen molar-refractivity contribution in [2.45, 2.75) is 57.9 Å². The Morgan fingerprint density at radius 3 is 2.56 bits per heavy atom. The van der Waals surface area contributed by atoms with Crippen LogP contribution in [-0.2, 0) is 32.7 Å². The summed E-state index contributed by atoms with van der Waals surface area (Å²) in [6, 6.07) is 2.58. The van der Waals surface area contributed by atoms with Crippen LogP contribution in [-0.4, -0.2) is 37.9 Å². The van der Waals surface area contributed by atoms with Gasteiger partial charge in [-0.25, -0.2) is 8.42 Å². The number of thiazole rings is 1. The summed E-state index contributed by atoms with van der Waals surface area (Å²) < 4.78 is 70.5. The number of rotatable bonds is 5. The normalized spacial score (nSPS) is 18.2. The van der Waals surface area contributed by atoms with Gasteiger partial charge in [0.1, 0.15) is 0 Å². The molecule has 0 unspecified atom stereocenters. The molecule has 0 radical (unpaired) electrons. The number of halogens is 3. The average Bonchev–Trinajstić information content (AvgIpc) is 3.35. The molecule has 1 aromatic carbocycles. The number of carbonyl (C=O) groups excluding carboxylic acids is 1. The second-order valence-corrected chi connectivity index (χ2v) is 12.2. The van der Waals surface area contributed by atoms with Crippen molar-refractivity contribution in [3.63, 3.8) is 0 Å². The highest BCUT2D eigenvalue weighted by Gasteiger charge is 2.31. The Balaban J connectivity index is 2.12. The van der Waals surface area contributed by atoms with E-state index in [0.717, 1.165) is 47.6 Å². The molecule has 1 atom stereocenters. The number of aromatic nitrogens is 1. The van der Waals surface area contributed by atoms with E-state index in [0.29, 0.717) is 24.0 Å². The maximum Gasteiger partial charge on any atom is 0.416 e. The monoisotopic (exact) mass is 516 g/mol. The minimum atomic E-state index is -4.67. The number of alkyl halides is 3. The molecule has 1 fully saturated rings. The van der Waals surface area contributed by atoms with Crippen molar-refractivity contribution in [1.82, 2.24) is 4.57 Å². The zero-order valence-corrected chi connectivity index (χ0v) is 21.0. The quantitative estimate of drug-likeness (QED) is 0.572. The van der Waals surface area contributed by atoms with Crippen molar-refractivity contribution in [1.29, 1.82) is 0 Å². The number of sulfone groups is 1. The summed E-state index contributed by atoms with van der Waals surface area (Å²) in [4.78, 5) is 18.6. The lowest BCUT2D eigenvalue weighted by Gasteiger charge is -2.15. The molecule has 1 aliphatic heterocycles. The SMILES string of the molecule is CC(C)(C)c1cn(C[C@H]2CCCO2)/c(=N/C(=O)c2cc(C(F)(F)F)ccc2/C=C/S(C)(=O)=O)s1. The van der Waals surface area contributed by atoms with Gasteiger partial charge in [0.25, 0.3) is 5.91 Å². The topological polar surface area (TPSA) is 77.7 Å². The summed E-state index contributed by atoms with van der Waals surface area (Å²) in [5.41, 5.74) is -1.54. The molecule has 11 heteroatoms. The molecule has 1 saturated heterocycles. The van der Waals surface area contributed by atoms with Gasteiger partial charge < -0.3 is 9.30 Å². The van der Waals surface area contributed by atoms with Crippen LogP contribution in [0.25, 0.3) is 6.08 Å². The van der Waals surface area contributed by atoms with Crippen molar-refractivity contribution in [3.05, 3.63) is 56.2 Å². The zero-order chi connectivity index (χ0) is 25.3. The molecule has 0 bridgehead atoms. The van der Waals surface area contributed by atoms with E-state index < -0.39 is 27.5 Å². The fraction of sp³-hybridized carbons (Fsp3) is 0.478. The van der Waals surface area contributed by atoms with Gasteiger partial charge in [-0.1, -0.05) is 26.8 Å². The summed E-state index contributed by atoms with van der Waals surface area (Å²) in [5.74, 6) is -0.886. The minimum Gasteiger partial charge on any atom is -0.376 e. The molecule has 0 aliphatic carbocycles. The number of amides is 1. The largest absolute Gasteiger partial charge is 0.416 e. The van der Waals surface area contributed by atoms with E-state index in [9.17, 15) is 26.4 Å². The highest BCUT2D eigenvalue weighted by molar-refractivity contribution is 7.93. The molecule has 0 spiro atoms. The van der Waals surface area contributed by atoms with Gasteiger partial charge in [0.05, 0.1) is 18.2 Å². The second-order valence-electron chi connectivity index (χ2n) is 9.26. The molecule has 3 rings (SSSR count). The summed E-state index contributed by atoms with van der Waals surface area (Å²) in [7, 11) is -3.56. The van der Waals surface area contributed by atoms with Crippen molar-refractivity contribution in [3.8, 4) is 0 Å². The van der Waals surface area contributed by atoms with Crippen molar-refractivity contribution >= 4 is 33.2 Å². The first-order chi connectivity index (χ1) is 15.6. The number of nitrogens with zero attached hydrogens (tertiary/aromatic N) is 2. The van der Waals surface area contributed by atoms with Gasteiger partial charge in [0.15, 0.2) is 14.6 Å². The molecule has 34 heavy (non-hydrogen) atoms. The Morgan fingerprint density at radius 2 is 2.00 bits per heavy atom. The molecule has 0 N–H and O–H groups in total. The van der Waals surface area contributed by atoms with Crippen LogP contribution in [0.5, 0.6) is 0 Å². The number of hydrogen-bond donors (Lipinski definition) is 0. The van der Waals surface area contributed by atoms with Crippen LogP contribution in [0.4, 0.5) is 13.2 Å². The fourth-order valence-corrected chi connectivity index (χ4v) is 4.81. The first-order valence-electron chi connectivity index (χ1n) is 10.6. The summed E-state index contributed by atoms with van der Waals surface area (Å²) >= 11 is 1.29. The predicted octanol–water partition coefficient (Wildman–Crippen LogP) is 4.80. The van der Waals surface area contributed by atoms with E-state index in [1.165, 1.54) is 11.3 Å². The van der Waals surface area contributed by atoms with Crippen LogP contribution >= 0.6 is 11.3 Å². The predicted molar refractivity (Wildman–Crippen MR) is 125 cm³/mol. The number of hydrogen-bond acceptors (Lipinski definition) is 5. The third-order valence-electron chi connectivity index (χ3n) is 5.19. The number of benzene rings is 1. The molecule has 2 aromatic rings. The van der Waals surface area contributed by atoms with Gasteiger partial charge in [-0.3, -0.25) is 4.79 Å². The third kappa shape index (κ3) is 6.89. The van der Waals surface area contributed by atoms with E-state index in [1.807, 2.05) is 27.0 Å². The van der Waals surface area contributed by atoms with E-state index in [2.05, 4.69) is 4.99 Å². The van der Waals surface area contributed by atoms with Crippen molar-refractivity contribution < 1.29 is 31.1 Å². The third-order valence-corrected chi connectivity index (χ3v) is 7.26. The minimum absolute atomic E-state index is 0.0294. The Morgan fingerprint density at radius 1 is 1.29 bits per heavy atom. The van der Waals surface area contributed by atoms with E-state index in [-0.39, 0.29) is 22.6 Å². The van der Waals surface area contributed by atoms with E-state index in [1.54, 1.807) is 4.57 Å². The molecule has 1 aromatic heterocycles. The zero-order valence-electron chi connectivity index (χ0n) is 19.3. The van der Waals surface area contributed by atoms with Gasteiger partial charge in [0.2, 0.25) is 0 Å². The Hall–Kier alpha value is -2.24. The maximum absolute atomic E-state index is 13.3. The van der Waals surface area contributed by atoms with Gasteiger partial charge in [0, 0.05) is 34.9 Å². The number of ether oxygens (including phenoxy) is 1. The van der Waals surface area contributed by atoms with Crippen LogP contribution in [0.1, 0.15) is 60.0 Å². The first kappa shape index (κ1) is 26.4. The summed E-state index contributed by atoms with van der Waals surface area (Å²) in [5, 5.41) is 0.840. The molecule has 2 heterocycles. The standard InChI is InChI=1S/C23H27F3N2O4S2/c1-22(2,3)19-14-28(13-17-6-5-10-32-17)21(33-19)27-20(29)18-12-16(23(24,25)26)8-7-15(18)9-11-34(4,30)31/h7-9,11-12,14,17H,5-6,10,13H2,1-4H3/b11-9+,27-21-/t17-/m1/s1. The molecule has 186 valence electrons. The van der Waals surface area contributed by atoms with Crippen LogP contribution < -0.4 is 4.80 Å². The highest BCUT2D eigenvalue weighted by Crippen LogP contribution is 2.31. The summed E-state index contributed by atoms with van der Waals surface area (Å²) in [6.45, 7) is 7.18. The van der Waals surface area contributed by atoms with Gasteiger partial charge in [-0.2, -0.15) is 18.2 Å².